The summed E-state index contributed by atoms with van der Waals surface area (Å²) in [5.74, 6) is 1.56. The van der Waals surface area contributed by atoms with Crippen molar-refractivity contribution in [2.75, 3.05) is 37.6 Å². The van der Waals surface area contributed by atoms with Gasteiger partial charge >= 0.3 is 0 Å². The molecule has 0 amide bonds. The lowest BCUT2D eigenvalue weighted by molar-refractivity contribution is -0.385. The Morgan fingerprint density at radius 3 is 2.62 bits per heavy atom. The van der Waals surface area contributed by atoms with Crippen molar-refractivity contribution in [1.82, 2.24) is 9.88 Å². The van der Waals surface area contributed by atoms with Gasteiger partial charge in [-0.25, -0.2) is 4.98 Å². The lowest BCUT2D eigenvalue weighted by atomic mass is 9.97. The van der Waals surface area contributed by atoms with E-state index in [1.807, 2.05) is 6.07 Å². The van der Waals surface area contributed by atoms with Gasteiger partial charge in [0.2, 0.25) is 0 Å². The van der Waals surface area contributed by atoms with Gasteiger partial charge in [0.15, 0.2) is 0 Å². The zero-order valence-electron chi connectivity index (χ0n) is 14.6. The molecule has 0 aliphatic carbocycles. The summed E-state index contributed by atoms with van der Waals surface area (Å²) in [7, 11) is 0. The Bertz CT molecular complexity index is 570. The van der Waals surface area contributed by atoms with Crippen LogP contribution in [0.25, 0.3) is 0 Å². The van der Waals surface area contributed by atoms with Crippen molar-refractivity contribution < 1.29 is 4.92 Å². The van der Waals surface area contributed by atoms with Crippen molar-refractivity contribution >= 4 is 11.5 Å². The Morgan fingerprint density at radius 2 is 1.96 bits per heavy atom. The third-order valence-electron chi connectivity index (χ3n) is 5.32. The highest BCUT2D eigenvalue weighted by molar-refractivity contribution is 5.48. The molecule has 3 heterocycles. The summed E-state index contributed by atoms with van der Waals surface area (Å²) < 4.78 is 0. The Hall–Kier alpha value is -1.69. The maximum Gasteiger partial charge on any atom is 0.290 e. The van der Waals surface area contributed by atoms with E-state index in [-0.39, 0.29) is 10.6 Å². The summed E-state index contributed by atoms with van der Waals surface area (Å²) in [6.45, 7) is 7.47. The molecule has 6 nitrogen and oxygen atoms in total. The van der Waals surface area contributed by atoms with Crippen LogP contribution in [0.1, 0.15) is 44.1 Å². The topological polar surface area (TPSA) is 62.5 Å². The second kappa shape index (κ2) is 7.92. The molecule has 0 radical (unpaired) electrons. The van der Waals surface area contributed by atoms with Crippen LogP contribution < -0.4 is 4.90 Å². The molecule has 2 saturated heterocycles. The third-order valence-corrected chi connectivity index (χ3v) is 5.32. The van der Waals surface area contributed by atoms with Crippen LogP contribution in [0.3, 0.4) is 0 Å². The number of aryl methyl sites for hydroxylation is 1. The van der Waals surface area contributed by atoms with E-state index in [0.717, 1.165) is 18.9 Å². The van der Waals surface area contributed by atoms with Crippen molar-refractivity contribution in [3.63, 3.8) is 0 Å². The minimum absolute atomic E-state index is 0.108. The van der Waals surface area contributed by atoms with Crippen LogP contribution in [0.4, 0.5) is 11.5 Å². The molecule has 0 spiro atoms. The molecule has 6 heteroatoms. The summed E-state index contributed by atoms with van der Waals surface area (Å²) in [4.78, 5) is 19.9. The molecular formula is C18H28N4O2. The molecule has 132 valence electrons. The van der Waals surface area contributed by atoms with Crippen molar-refractivity contribution in [2.24, 2.45) is 5.92 Å². The number of likely N-dealkylation sites (tertiary alicyclic amines) is 1. The van der Waals surface area contributed by atoms with Gasteiger partial charge in [-0.3, -0.25) is 10.1 Å². The fourth-order valence-corrected chi connectivity index (χ4v) is 4.00. The number of anilines is 1. The largest absolute Gasteiger partial charge is 0.356 e. The number of nitrogens with zero attached hydrogens (tertiary/aromatic N) is 4. The smallest absolute Gasteiger partial charge is 0.290 e. The van der Waals surface area contributed by atoms with Crippen LogP contribution in [0.5, 0.6) is 0 Å². The van der Waals surface area contributed by atoms with Crippen LogP contribution >= 0.6 is 0 Å². The summed E-state index contributed by atoms with van der Waals surface area (Å²) in [6, 6.07) is 1.87. The number of piperidine rings is 1. The predicted molar refractivity (Wildman–Crippen MR) is 95.5 cm³/mol. The normalized spacial score (nSPS) is 23.0. The van der Waals surface area contributed by atoms with Crippen LogP contribution in [0.15, 0.2) is 12.3 Å². The summed E-state index contributed by atoms with van der Waals surface area (Å²) in [6.07, 6.45) is 9.27. The average molecular weight is 332 g/mol. The third kappa shape index (κ3) is 4.23. The zero-order valence-corrected chi connectivity index (χ0v) is 14.6. The lowest BCUT2D eigenvalue weighted by Crippen LogP contribution is -2.41. The van der Waals surface area contributed by atoms with Crippen LogP contribution in [-0.2, 0) is 0 Å². The van der Waals surface area contributed by atoms with Crippen LogP contribution in [0.2, 0.25) is 0 Å². The molecule has 0 saturated carbocycles. The van der Waals surface area contributed by atoms with Crippen molar-refractivity contribution in [3.05, 3.63) is 27.9 Å². The molecule has 2 aliphatic heterocycles. The lowest BCUT2D eigenvalue weighted by Gasteiger charge is -2.36. The maximum atomic E-state index is 11.0. The molecule has 2 aliphatic rings. The van der Waals surface area contributed by atoms with Crippen molar-refractivity contribution in [3.8, 4) is 0 Å². The summed E-state index contributed by atoms with van der Waals surface area (Å²) in [5, 5.41) is 11.0. The zero-order chi connectivity index (χ0) is 16.9. The van der Waals surface area contributed by atoms with Gasteiger partial charge in [-0.15, -0.1) is 0 Å². The minimum Gasteiger partial charge on any atom is -0.356 e. The first-order valence-electron chi connectivity index (χ1n) is 9.22. The second-order valence-corrected chi connectivity index (χ2v) is 7.26. The fraction of sp³-hybridized carbons (Fsp3) is 0.722. The molecule has 1 aromatic heterocycles. The van der Waals surface area contributed by atoms with Gasteiger partial charge < -0.3 is 9.80 Å². The van der Waals surface area contributed by atoms with E-state index in [9.17, 15) is 10.1 Å². The quantitative estimate of drug-likeness (QED) is 0.625. The average Bonchev–Trinajstić information content (AvgIpc) is 2.83. The maximum absolute atomic E-state index is 11.0. The van der Waals surface area contributed by atoms with E-state index in [4.69, 9.17) is 0 Å². The Kier molecular flexibility index (Phi) is 5.66. The Morgan fingerprint density at radius 1 is 1.21 bits per heavy atom. The van der Waals surface area contributed by atoms with E-state index in [0.29, 0.717) is 11.5 Å². The molecule has 1 atom stereocenters. The first kappa shape index (κ1) is 17.1. The molecule has 0 N–H and O–H groups in total. The number of pyridine rings is 1. The van der Waals surface area contributed by atoms with Gasteiger partial charge in [0.05, 0.1) is 4.92 Å². The van der Waals surface area contributed by atoms with Crippen molar-refractivity contribution in [2.45, 2.75) is 45.4 Å². The highest BCUT2D eigenvalue weighted by atomic mass is 16.6. The molecule has 2 fully saturated rings. The van der Waals surface area contributed by atoms with Gasteiger partial charge in [0.25, 0.3) is 5.69 Å². The molecule has 1 unspecified atom stereocenters. The van der Waals surface area contributed by atoms with Crippen molar-refractivity contribution in [1.29, 1.82) is 0 Å². The molecule has 24 heavy (non-hydrogen) atoms. The van der Waals surface area contributed by atoms with Crippen LogP contribution in [-0.4, -0.2) is 47.5 Å². The number of hydrogen-bond donors (Lipinski definition) is 0. The van der Waals surface area contributed by atoms with E-state index < -0.39 is 0 Å². The number of aromatic nitrogens is 1. The van der Waals surface area contributed by atoms with E-state index in [1.165, 1.54) is 64.4 Å². The minimum atomic E-state index is -0.357. The van der Waals surface area contributed by atoms with E-state index >= 15 is 0 Å². The summed E-state index contributed by atoms with van der Waals surface area (Å²) in [5.41, 5.74) is 0.802. The second-order valence-electron chi connectivity index (χ2n) is 7.26. The Balaban J connectivity index is 1.62. The van der Waals surface area contributed by atoms with Gasteiger partial charge in [-0.2, -0.15) is 0 Å². The number of rotatable bonds is 4. The first-order chi connectivity index (χ1) is 11.6. The van der Waals surface area contributed by atoms with Gasteiger partial charge in [-0.1, -0.05) is 12.8 Å². The summed E-state index contributed by atoms with van der Waals surface area (Å²) >= 11 is 0. The number of nitro groups is 1. The van der Waals surface area contributed by atoms with E-state index in [2.05, 4.69) is 14.8 Å². The molecule has 0 bridgehead atoms. The Labute approximate surface area is 144 Å². The predicted octanol–water partition coefficient (Wildman–Crippen LogP) is 3.39. The SMILES string of the molecule is Cc1cc(N2CCCC(CN3CCCCCC3)C2)ncc1[N+](=O)[O-]. The molecule has 3 rings (SSSR count). The van der Waals surface area contributed by atoms with Gasteiger partial charge in [-0.05, 0) is 57.7 Å². The van der Waals surface area contributed by atoms with E-state index in [1.54, 1.807) is 6.92 Å². The highest BCUT2D eigenvalue weighted by Crippen LogP contribution is 2.26. The standard InChI is InChI=1S/C18H28N4O2/c1-15-11-18(19-12-17(15)22(23)24)21-10-6-7-16(14-21)13-20-8-4-2-3-5-9-20/h11-12,16H,2-10,13-14H2,1H3. The molecule has 0 aromatic carbocycles. The van der Waals surface area contributed by atoms with Gasteiger partial charge in [0, 0.05) is 25.2 Å². The molecular weight excluding hydrogens is 304 g/mol. The number of hydrogen-bond acceptors (Lipinski definition) is 5. The fourth-order valence-electron chi connectivity index (χ4n) is 4.00. The van der Waals surface area contributed by atoms with Crippen LogP contribution in [0, 0.1) is 23.0 Å². The van der Waals surface area contributed by atoms with Gasteiger partial charge in [0.1, 0.15) is 12.0 Å². The first-order valence-corrected chi connectivity index (χ1v) is 9.22. The molecule has 1 aromatic rings. The highest BCUT2D eigenvalue weighted by Gasteiger charge is 2.24. The monoisotopic (exact) mass is 332 g/mol.